The van der Waals surface area contributed by atoms with Crippen molar-refractivity contribution in [1.29, 1.82) is 0 Å². The minimum absolute atomic E-state index is 0.150. The van der Waals surface area contributed by atoms with Crippen molar-refractivity contribution >= 4 is 17.8 Å². The second-order valence-electron chi connectivity index (χ2n) is 5.63. The molecule has 4 rings (SSSR count). The molecule has 27 heavy (non-hydrogen) atoms. The third-order valence-corrected chi connectivity index (χ3v) is 3.94. The molecule has 0 aliphatic carbocycles. The number of para-hydroxylation sites is 1. The van der Waals surface area contributed by atoms with E-state index >= 15 is 0 Å². The Balaban J connectivity index is 1.63. The van der Waals surface area contributed by atoms with Gasteiger partial charge in [0.1, 0.15) is 0 Å². The fraction of sp³-hybridized carbons (Fsp3) is 0. The van der Waals surface area contributed by atoms with E-state index in [9.17, 15) is 19.2 Å². The fourth-order valence-corrected chi connectivity index (χ4v) is 2.65. The standard InChI is InChI=1S/C19H11N3O5/c23-16-11-10-15(20-21(16)12-6-2-1-3-7-12)19(26)27-22-17(24)13-8-4-5-9-14(13)18(22)25/h1-11H. The molecular weight excluding hydrogens is 350 g/mol. The molecule has 0 N–H and O–H groups in total. The van der Waals surface area contributed by atoms with Crippen molar-refractivity contribution in [1.82, 2.24) is 14.8 Å². The molecule has 0 saturated carbocycles. The van der Waals surface area contributed by atoms with Crippen LogP contribution in [0.25, 0.3) is 5.69 Å². The molecule has 0 saturated heterocycles. The van der Waals surface area contributed by atoms with Crippen molar-refractivity contribution in [3.8, 4) is 5.69 Å². The maximum absolute atomic E-state index is 12.4. The number of hydroxylamine groups is 2. The third kappa shape index (κ3) is 2.78. The predicted molar refractivity (Wildman–Crippen MR) is 92.2 cm³/mol. The van der Waals surface area contributed by atoms with Crippen LogP contribution in [0, 0.1) is 0 Å². The van der Waals surface area contributed by atoms with Crippen molar-refractivity contribution in [3.63, 3.8) is 0 Å². The predicted octanol–water partition coefficient (Wildman–Crippen LogP) is 1.60. The summed E-state index contributed by atoms with van der Waals surface area (Å²) in [6.07, 6.45) is 0. The van der Waals surface area contributed by atoms with E-state index < -0.39 is 23.3 Å². The molecule has 0 spiro atoms. The molecule has 132 valence electrons. The van der Waals surface area contributed by atoms with Crippen molar-refractivity contribution in [2.75, 3.05) is 0 Å². The largest absolute Gasteiger partial charge is 0.383 e. The molecule has 2 heterocycles. The van der Waals surface area contributed by atoms with Crippen LogP contribution in [0.4, 0.5) is 0 Å². The molecule has 1 aliphatic heterocycles. The van der Waals surface area contributed by atoms with E-state index in [1.807, 2.05) is 0 Å². The van der Waals surface area contributed by atoms with Gasteiger partial charge in [-0.05, 0) is 30.3 Å². The molecule has 2 amide bonds. The minimum Gasteiger partial charge on any atom is -0.322 e. The van der Waals surface area contributed by atoms with Crippen molar-refractivity contribution in [2.24, 2.45) is 0 Å². The van der Waals surface area contributed by atoms with E-state index in [4.69, 9.17) is 4.84 Å². The first-order valence-corrected chi connectivity index (χ1v) is 7.92. The Bertz CT molecular complexity index is 1100. The number of amides is 2. The molecule has 8 heteroatoms. The first-order valence-electron chi connectivity index (χ1n) is 7.92. The molecule has 0 radical (unpaired) electrons. The first kappa shape index (κ1) is 16.4. The second kappa shape index (κ2) is 6.34. The Morgan fingerprint density at radius 2 is 1.37 bits per heavy atom. The number of rotatable bonds is 3. The quantitative estimate of drug-likeness (QED) is 0.657. The van der Waals surface area contributed by atoms with Gasteiger partial charge in [-0.1, -0.05) is 35.4 Å². The maximum Gasteiger partial charge on any atom is 0.383 e. The number of benzene rings is 2. The lowest BCUT2D eigenvalue weighted by Crippen LogP contribution is -2.33. The summed E-state index contributed by atoms with van der Waals surface area (Å²) in [6.45, 7) is 0. The summed E-state index contributed by atoms with van der Waals surface area (Å²) in [4.78, 5) is 53.9. The van der Waals surface area contributed by atoms with Crippen LogP contribution in [-0.4, -0.2) is 32.6 Å². The van der Waals surface area contributed by atoms with Crippen LogP contribution in [0.1, 0.15) is 31.2 Å². The van der Waals surface area contributed by atoms with Gasteiger partial charge in [-0.25, -0.2) is 4.79 Å². The zero-order valence-electron chi connectivity index (χ0n) is 13.7. The number of hydrogen-bond acceptors (Lipinski definition) is 6. The smallest absolute Gasteiger partial charge is 0.322 e. The molecule has 0 unspecified atom stereocenters. The highest BCUT2D eigenvalue weighted by atomic mass is 16.7. The zero-order chi connectivity index (χ0) is 19.0. The lowest BCUT2D eigenvalue weighted by atomic mass is 10.1. The van der Waals surface area contributed by atoms with Crippen molar-refractivity contribution in [2.45, 2.75) is 0 Å². The summed E-state index contributed by atoms with van der Waals surface area (Å²) in [5.41, 5.74) is 0.0846. The molecule has 8 nitrogen and oxygen atoms in total. The zero-order valence-corrected chi connectivity index (χ0v) is 13.7. The van der Waals surface area contributed by atoms with Crippen LogP contribution < -0.4 is 5.56 Å². The van der Waals surface area contributed by atoms with Gasteiger partial charge in [0.05, 0.1) is 16.8 Å². The van der Waals surface area contributed by atoms with Crippen LogP contribution in [0.5, 0.6) is 0 Å². The Morgan fingerprint density at radius 1 is 0.778 bits per heavy atom. The molecule has 3 aromatic rings. The van der Waals surface area contributed by atoms with Gasteiger partial charge >= 0.3 is 5.97 Å². The van der Waals surface area contributed by atoms with Crippen LogP contribution in [0.3, 0.4) is 0 Å². The lowest BCUT2D eigenvalue weighted by molar-refractivity contribution is -0.0589. The summed E-state index contributed by atoms with van der Waals surface area (Å²) in [5, 5.41) is 4.36. The Kier molecular flexibility index (Phi) is 3.85. The van der Waals surface area contributed by atoms with Crippen molar-refractivity contribution < 1.29 is 19.2 Å². The Morgan fingerprint density at radius 3 is 2.00 bits per heavy atom. The highest BCUT2D eigenvalue weighted by Crippen LogP contribution is 2.23. The van der Waals surface area contributed by atoms with E-state index in [2.05, 4.69) is 5.10 Å². The Labute approximate surface area is 152 Å². The first-order chi connectivity index (χ1) is 13.1. The van der Waals surface area contributed by atoms with Crippen molar-refractivity contribution in [3.05, 3.63) is 93.9 Å². The van der Waals surface area contributed by atoms with E-state index in [1.54, 1.807) is 42.5 Å². The second-order valence-corrected chi connectivity index (χ2v) is 5.63. The number of aromatic nitrogens is 2. The number of nitrogens with zero attached hydrogens (tertiary/aromatic N) is 3. The molecule has 1 aromatic heterocycles. The van der Waals surface area contributed by atoms with Crippen LogP contribution in [0.15, 0.2) is 71.5 Å². The number of hydrogen-bond donors (Lipinski definition) is 0. The van der Waals surface area contributed by atoms with Gasteiger partial charge in [-0.2, -0.15) is 9.78 Å². The summed E-state index contributed by atoms with van der Waals surface area (Å²) in [5.74, 6) is -2.50. The van der Waals surface area contributed by atoms with Gasteiger partial charge in [-0.15, -0.1) is 0 Å². The average Bonchev–Trinajstić information content (AvgIpc) is 2.94. The molecule has 2 aromatic carbocycles. The van der Waals surface area contributed by atoms with Gasteiger partial charge in [0.15, 0.2) is 5.69 Å². The van der Waals surface area contributed by atoms with Gasteiger partial charge in [0, 0.05) is 6.07 Å². The number of carbonyl (C=O) groups is 3. The normalized spacial score (nSPS) is 12.8. The van der Waals surface area contributed by atoms with Gasteiger partial charge < -0.3 is 4.84 Å². The molecule has 0 atom stereocenters. The van der Waals surface area contributed by atoms with Crippen LogP contribution in [0.2, 0.25) is 0 Å². The molecule has 0 fully saturated rings. The summed E-state index contributed by atoms with van der Waals surface area (Å²) in [7, 11) is 0. The summed E-state index contributed by atoms with van der Waals surface area (Å²) < 4.78 is 1.03. The third-order valence-electron chi connectivity index (χ3n) is 3.94. The number of imide groups is 1. The van der Waals surface area contributed by atoms with Crippen LogP contribution in [-0.2, 0) is 4.84 Å². The van der Waals surface area contributed by atoms with Crippen LogP contribution >= 0.6 is 0 Å². The van der Waals surface area contributed by atoms with Gasteiger partial charge in [0.25, 0.3) is 17.4 Å². The maximum atomic E-state index is 12.4. The highest BCUT2D eigenvalue weighted by molar-refractivity contribution is 6.21. The molecule has 0 bridgehead atoms. The lowest BCUT2D eigenvalue weighted by Gasteiger charge is -2.12. The number of carbonyl (C=O) groups excluding carboxylic acids is 3. The van der Waals surface area contributed by atoms with Gasteiger partial charge in [0.2, 0.25) is 0 Å². The minimum atomic E-state index is -1.03. The van der Waals surface area contributed by atoms with E-state index in [0.29, 0.717) is 10.8 Å². The van der Waals surface area contributed by atoms with E-state index in [1.165, 1.54) is 18.2 Å². The SMILES string of the molecule is O=C(ON1C(=O)c2ccccc2C1=O)c1ccc(=O)n(-c2ccccc2)n1. The molecular formula is C19H11N3O5. The Hall–Kier alpha value is -4.07. The monoisotopic (exact) mass is 361 g/mol. The summed E-state index contributed by atoms with van der Waals surface area (Å²) >= 11 is 0. The average molecular weight is 361 g/mol. The van der Waals surface area contributed by atoms with E-state index in [0.717, 1.165) is 10.7 Å². The molecule has 1 aliphatic rings. The summed E-state index contributed by atoms with van der Waals surface area (Å²) in [6, 6.07) is 17.0. The van der Waals surface area contributed by atoms with E-state index in [-0.39, 0.29) is 16.8 Å². The topological polar surface area (TPSA) is 98.6 Å². The highest BCUT2D eigenvalue weighted by Gasteiger charge is 2.39. The fourth-order valence-electron chi connectivity index (χ4n) is 2.65. The van der Waals surface area contributed by atoms with Gasteiger partial charge in [-0.3, -0.25) is 14.4 Å². The number of fused-ring (bicyclic) bond motifs is 1.